The first-order valence-electron chi connectivity index (χ1n) is 11.5. The molecule has 0 atom stereocenters. The Labute approximate surface area is 210 Å². The highest BCUT2D eigenvalue weighted by Crippen LogP contribution is 2.32. The van der Waals surface area contributed by atoms with Gasteiger partial charge < -0.3 is 10.3 Å². The van der Waals surface area contributed by atoms with Crippen molar-refractivity contribution in [2.75, 3.05) is 5.32 Å². The zero-order valence-corrected chi connectivity index (χ0v) is 20.4. The number of amides is 1. The van der Waals surface area contributed by atoms with Crippen molar-refractivity contribution in [1.29, 1.82) is 0 Å². The largest absolute Gasteiger partial charge is 0.335 e. The van der Waals surface area contributed by atoms with Crippen LogP contribution in [0.1, 0.15) is 20.3 Å². The number of imidazole rings is 1. The van der Waals surface area contributed by atoms with Crippen molar-refractivity contribution in [1.82, 2.24) is 35.1 Å². The van der Waals surface area contributed by atoms with Gasteiger partial charge >= 0.3 is 0 Å². The van der Waals surface area contributed by atoms with E-state index in [0.29, 0.717) is 35.0 Å². The second-order valence-corrected chi connectivity index (χ2v) is 9.73. The fourth-order valence-electron chi connectivity index (χ4n) is 4.17. The first-order valence-corrected chi connectivity index (χ1v) is 12.5. The van der Waals surface area contributed by atoms with Crippen LogP contribution in [0.5, 0.6) is 0 Å². The van der Waals surface area contributed by atoms with Crippen LogP contribution in [0, 0.1) is 5.92 Å². The molecule has 0 aromatic carbocycles. The Morgan fingerprint density at radius 3 is 2.86 bits per heavy atom. The van der Waals surface area contributed by atoms with Gasteiger partial charge in [-0.3, -0.25) is 19.9 Å². The van der Waals surface area contributed by atoms with Crippen molar-refractivity contribution in [3.8, 4) is 33.9 Å². The molecule has 178 valence electrons. The predicted octanol–water partition coefficient (Wildman–Crippen LogP) is 5.67. The number of carbonyl (C=O) groups excluding carboxylic acids is 1. The number of nitrogens with one attached hydrogen (secondary N) is 3. The van der Waals surface area contributed by atoms with Gasteiger partial charge in [-0.15, -0.1) is 0 Å². The topological polar surface area (TPSA) is 125 Å². The Hall–Kier alpha value is -4.44. The molecule has 0 spiro atoms. The van der Waals surface area contributed by atoms with Crippen LogP contribution in [0.4, 0.5) is 5.69 Å². The van der Waals surface area contributed by atoms with Crippen LogP contribution >= 0.6 is 11.3 Å². The molecule has 0 saturated heterocycles. The molecule has 1 amide bonds. The van der Waals surface area contributed by atoms with E-state index in [0.717, 1.165) is 33.1 Å². The summed E-state index contributed by atoms with van der Waals surface area (Å²) in [6.45, 7) is 4.02. The lowest BCUT2D eigenvalue weighted by atomic mass is 10.1. The summed E-state index contributed by atoms with van der Waals surface area (Å²) in [5.74, 6) is 0.862. The maximum Gasteiger partial charge on any atom is 0.224 e. The highest BCUT2D eigenvalue weighted by atomic mass is 32.1. The fourth-order valence-corrected chi connectivity index (χ4v) is 4.82. The summed E-state index contributed by atoms with van der Waals surface area (Å²) in [5.41, 5.74) is 7.27. The number of nitrogens with zero attached hydrogens (tertiary/aromatic N) is 5. The second kappa shape index (κ2) is 8.97. The normalized spacial score (nSPS) is 11.5. The van der Waals surface area contributed by atoms with Crippen molar-refractivity contribution in [2.45, 2.75) is 20.3 Å². The number of hydrogen-bond donors (Lipinski definition) is 3. The molecule has 6 heterocycles. The number of carbonyl (C=O) groups is 1. The van der Waals surface area contributed by atoms with E-state index in [1.807, 2.05) is 37.4 Å². The molecule has 36 heavy (non-hydrogen) atoms. The number of fused-ring (bicyclic) bond motifs is 2. The number of hydrogen-bond acceptors (Lipinski definition) is 7. The molecule has 0 radical (unpaired) electrons. The van der Waals surface area contributed by atoms with E-state index >= 15 is 0 Å². The zero-order valence-electron chi connectivity index (χ0n) is 19.6. The highest BCUT2D eigenvalue weighted by molar-refractivity contribution is 7.08. The van der Waals surface area contributed by atoms with E-state index < -0.39 is 0 Å². The molecule has 0 bridgehead atoms. The molecule has 0 saturated carbocycles. The lowest BCUT2D eigenvalue weighted by Crippen LogP contribution is -2.13. The van der Waals surface area contributed by atoms with Gasteiger partial charge in [-0.05, 0) is 46.5 Å². The summed E-state index contributed by atoms with van der Waals surface area (Å²) in [7, 11) is 0. The third-order valence-electron chi connectivity index (χ3n) is 5.81. The third-order valence-corrected chi connectivity index (χ3v) is 6.49. The van der Waals surface area contributed by atoms with Gasteiger partial charge in [0.1, 0.15) is 5.69 Å². The third kappa shape index (κ3) is 4.11. The van der Waals surface area contributed by atoms with Gasteiger partial charge in [0.15, 0.2) is 11.5 Å². The molecule has 0 aliphatic rings. The van der Waals surface area contributed by atoms with Crippen molar-refractivity contribution in [2.24, 2.45) is 5.92 Å². The molecule has 6 aromatic heterocycles. The molecule has 0 aliphatic carbocycles. The molecule has 0 unspecified atom stereocenters. The quantitative estimate of drug-likeness (QED) is 0.274. The molecule has 10 heteroatoms. The summed E-state index contributed by atoms with van der Waals surface area (Å²) in [6.07, 6.45) is 7.32. The first kappa shape index (κ1) is 22.1. The number of anilines is 1. The van der Waals surface area contributed by atoms with E-state index in [-0.39, 0.29) is 11.8 Å². The number of pyridine rings is 3. The van der Waals surface area contributed by atoms with E-state index in [1.54, 1.807) is 36.1 Å². The van der Waals surface area contributed by atoms with Crippen LogP contribution in [-0.2, 0) is 4.79 Å². The van der Waals surface area contributed by atoms with Crippen LogP contribution in [0.3, 0.4) is 0 Å². The van der Waals surface area contributed by atoms with Crippen molar-refractivity contribution in [3.05, 3.63) is 59.8 Å². The zero-order chi connectivity index (χ0) is 24.6. The molecule has 6 aromatic rings. The minimum Gasteiger partial charge on any atom is -0.335 e. The van der Waals surface area contributed by atoms with Gasteiger partial charge in [0, 0.05) is 35.3 Å². The summed E-state index contributed by atoms with van der Waals surface area (Å²) in [4.78, 5) is 33.7. The van der Waals surface area contributed by atoms with Gasteiger partial charge in [-0.2, -0.15) is 16.4 Å². The Kier molecular flexibility index (Phi) is 5.49. The van der Waals surface area contributed by atoms with Crippen LogP contribution in [0.15, 0.2) is 59.8 Å². The first-order chi connectivity index (χ1) is 17.5. The number of rotatable bonds is 6. The summed E-state index contributed by atoms with van der Waals surface area (Å²) >= 11 is 1.65. The van der Waals surface area contributed by atoms with E-state index in [1.165, 1.54) is 0 Å². The molecule has 3 N–H and O–H groups in total. The Balaban J connectivity index is 1.38. The van der Waals surface area contributed by atoms with Crippen LogP contribution in [0.2, 0.25) is 0 Å². The van der Waals surface area contributed by atoms with E-state index in [4.69, 9.17) is 4.98 Å². The smallest absolute Gasteiger partial charge is 0.224 e. The maximum absolute atomic E-state index is 12.2. The van der Waals surface area contributed by atoms with Crippen LogP contribution < -0.4 is 5.32 Å². The molecule has 0 aliphatic heterocycles. The minimum absolute atomic E-state index is 0.0372. The molecule has 9 nitrogen and oxygen atoms in total. The van der Waals surface area contributed by atoms with Crippen molar-refractivity contribution >= 4 is 45.0 Å². The predicted molar refractivity (Wildman–Crippen MR) is 141 cm³/mol. The average Bonchev–Trinajstić information content (AvgIpc) is 3.62. The van der Waals surface area contributed by atoms with E-state index in [9.17, 15) is 4.79 Å². The number of thiophene rings is 1. The molecule has 6 rings (SSSR count). The Morgan fingerprint density at radius 2 is 2.03 bits per heavy atom. The van der Waals surface area contributed by atoms with Gasteiger partial charge in [0.2, 0.25) is 5.91 Å². The van der Waals surface area contributed by atoms with Gasteiger partial charge in [0.25, 0.3) is 0 Å². The molecule has 0 fully saturated rings. The number of H-pyrrole nitrogens is 2. The maximum atomic E-state index is 12.2. The molecular formula is C26H22N8OS. The van der Waals surface area contributed by atoms with Gasteiger partial charge in [0.05, 0.1) is 34.8 Å². The van der Waals surface area contributed by atoms with Crippen molar-refractivity contribution in [3.63, 3.8) is 0 Å². The standard InChI is InChI=1S/C26H22N8OS/c1-14(2)7-22(35)30-17-8-16(10-27-11-17)20-9-19-21(12-29-20)33-34-24(19)26-31-23-18(15-4-6-36-13-15)3-5-28-25(23)32-26/h3-6,8-14H,7H2,1-2H3,(H,30,35)(H,33,34)(H,28,31,32). The van der Waals surface area contributed by atoms with E-state index in [2.05, 4.69) is 46.9 Å². The number of aromatic amines is 2. The highest BCUT2D eigenvalue weighted by Gasteiger charge is 2.17. The van der Waals surface area contributed by atoms with Crippen LogP contribution in [0.25, 0.3) is 56.0 Å². The lowest BCUT2D eigenvalue weighted by molar-refractivity contribution is -0.116. The molecular weight excluding hydrogens is 472 g/mol. The average molecular weight is 495 g/mol. The second-order valence-electron chi connectivity index (χ2n) is 8.95. The summed E-state index contributed by atoms with van der Waals surface area (Å²) in [6, 6.07) is 7.88. The Bertz CT molecular complexity index is 1700. The summed E-state index contributed by atoms with van der Waals surface area (Å²) in [5, 5.41) is 15.5. The van der Waals surface area contributed by atoms with Crippen molar-refractivity contribution < 1.29 is 4.79 Å². The summed E-state index contributed by atoms with van der Waals surface area (Å²) < 4.78 is 0. The number of aromatic nitrogens is 7. The Morgan fingerprint density at radius 1 is 1.11 bits per heavy atom. The van der Waals surface area contributed by atoms with Crippen LogP contribution in [-0.4, -0.2) is 41.0 Å². The minimum atomic E-state index is -0.0372. The SMILES string of the molecule is CC(C)CC(=O)Nc1cncc(-c2cc3c(-c4nc5nccc(-c6ccsc6)c5[nH]4)n[nH]c3cn2)c1. The monoisotopic (exact) mass is 494 g/mol. The van der Waals surface area contributed by atoms with Gasteiger partial charge in [-0.1, -0.05) is 13.8 Å². The fraction of sp³-hybridized carbons (Fsp3) is 0.154. The van der Waals surface area contributed by atoms with Gasteiger partial charge in [-0.25, -0.2) is 9.97 Å². The lowest BCUT2D eigenvalue weighted by Gasteiger charge is -2.08.